The van der Waals surface area contributed by atoms with Gasteiger partial charge < -0.3 is 10.1 Å². The van der Waals surface area contributed by atoms with E-state index in [1.807, 2.05) is 6.92 Å². The Morgan fingerprint density at radius 3 is 2.78 bits per heavy atom. The van der Waals surface area contributed by atoms with Crippen molar-refractivity contribution >= 4 is 35.3 Å². The first-order valence-corrected chi connectivity index (χ1v) is 8.40. The van der Waals surface area contributed by atoms with Gasteiger partial charge in [-0.3, -0.25) is 9.59 Å². The van der Waals surface area contributed by atoms with Gasteiger partial charge in [0.15, 0.2) is 0 Å². The maximum Gasteiger partial charge on any atom is 0.249 e. The van der Waals surface area contributed by atoms with Gasteiger partial charge in [-0.1, -0.05) is 35.7 Å². The fraction of sp³-hybridized carbons (Fsp3) is 0.150. The van der Waals surface area contributed by atoms with Crippen molar-refractivity contribution in [1.82, 2.24) is 5.43 Å². The highest BCUT2D eigenvalue weighted by Gasteiger charge is 2.10. The summed E-state index contributed by atoms with van der Waals surface area (Å²) in [5.41, 5.74) is 4.36. The zero-order valence-corrected chi connectivity index (χ0v) is 15.4. The Balaban J connectivity index is 1.87. The van der Waals surface area contributed by atoms with Gasteiger partial charge in [-0.25, -0.2) is 5.43 Å². The standard InChI is InChI=1S/C20H18ClN3O3/c1-3-10-27-18-7-5-4-6-15(18)13-22-24-20(26)12-19(25)23-16-9-8-14(2)17(21)11-16/h1,4-9,11,13H,10,12H2,2H3,(H,23,25)(H,24,26). The first-order chi connectivity index (χ1) is 13.0. The van der Waals surface area contributed by atoms with E-state index < -0.39 is 11.8 Å². The van der Waals surface area contributed by atoms with Crippen LogP contribution >= 0.6 is 11.6 Å². The molecule has 2 amide bonds. The van der Waals surface area contributed by atoms with Gasteiger partial charge in [-0.15, -0.1) is 6.42 Å². The predicted octanol–water partition coefficient (Wildman–Crippen LogP) is 3.14. The fourth-order valence-electron chi connectivity index (χ4n) is 2.07. The number of rotatable bonds is 7. The molecule has 2 N–H and O–H groups in total. The molecular weight excluding hydrogens is 366 g/mol. The summed E-state index contributed by atoms with van der Waals surface area (Å²) in [5.74, 6) is 1.90. The van der Waals surface area contributed by atoms with Crippen LogP contribution in [0.5, 0.6) is 5.75 Å². The Morgan fingerprint density at radius 1 is 1.26 bits per heavy atom. The molecular formula is C20H18ClN3O3. The Morgan fingerprint density at radius 2 is 2.04 bits per heavy atom. The van der Waals surface area contributed by atoms with Crippen molar-refractivity contribution in [2.24, 2.45) is 5.10 Å². The van der Waals surface area contributed by atoms with E-state index in [1.165, 1.54) is 6.21 Å². The molecule has 0 fully saturated rings. The summed E-state index contributed by atoms with van der Waals surface area (Å²) in [7, 11) is 0. The summed E-state index contributed by atoms with van der Waals surface area (Å²) in [5, 5.41) is 6.98. The van der Waals surface area contributed by atoms with Gasteiger partial charge in [0.05, 0.1) is 6.21 Å². The summed E-state index contributed by atoms with van der Waals surface area (Å²) < 4.78 is 5.38. The summed E-state index contributed by atoms with van der Waals surface area (Å²) in [4.78, 5) is 23.8. The first-order valence-electron chi connectivity index (χ1n) is 8.03. The van der Waals surface area contributed by atoms with Gasteiger partial charge in [0.1, 0.15) is 18.8 Å². The number of hydrazone groups is 1. The summed E-state index contributed by atoms with van der Waals surface area (Å²) in [6.45, 7) is 1.98. The molecule has 7 heteroatoms. The van der Waals surface area contributed by atoms with Gasteiger partial charge in [0, 0.05) is 16.3 Å². The number of nitrogens with zero attached hydrogens (tertiary/aromatic N) is 1. The Bertz CT molecular complexity index is 904. The second kappa shape index (κ2) is 10.00. The quantitative estimate of drug-likeness (QED) is 0.333. The number of halogens is 1. The third-order valence-electron chi connectivity index (χ3n) is 3.40. The second-order valence-corrected chi connectivity index (χ2v) is 5.92. The van der Waals surface area contributed by atoms with E-state index in [1.54, 1.807) is 42.5 Å². The number of anilines is 1. The zero-order valence-electron chi connectivity index (χ0n) is 14.7. The van der Waals surface area contributed by atoms with Crippen LogP contribution in [0.25, 0.3) is 0 Å². The highest BCUT2D eigenvalue weighted by molar-refractivity contribution is 6.31. The average Bonchev–Trinajstić information content (AvgIpc) is 2.64. The molecule has 0 heterocycles. The molecule has 0 unspecified atom stereocenters. The van der Waals surface area contributed by atoms with Gasteiger partial charge >= 0.3 is 0 Å². The monoisotopic (exact) mass is 383 g/mol. The van der Waals surface area contributed by atoms with Crippen LogP contribution in [0.4, 0.5) is 5.69 Å². The lowest BCUT2D eigenvalue weighted by Crippen LogP contribution is -2.24. The fourth-order valence-corrected chi connectivity index (χ4v) is 2.25. The number of hydrogen-bond acceptors (Lipinski definition) is 4. The zero-order chi connectivity index (χ0) is 19.6. The average molecular weight is 384 g/mol. The molecule has 2 aromatic carbocycles. The lowest BCUT2D eigenvalue weighted by Gasteiger charge is -2.07. The molecule has 0 saturated heterocycles. The molecule has 138 valence electrons. The molecule has 0 aliphatic rings. The number of nitrogens with one attached hydrogen (secondary N) is 2. The van der Waals surface area contributed by atoms with Crippen LogP contribution in [0.2, 0.25) is 5.02 Å². The number of hydrogen-bond donors (Lipinski definition) is 2. The van der Waals surface area contributed by atoms with E-state index in [-0.39, 0.29) is 13.0 Å². The predicted molar refractivity (Wildman–Crippen MR) is 106 cm³/mol. The van der Waals surface area contributed by atoms with E-state index in [4.69, 9.17) is 22.8 Å². The van der Waals surface area contributed by atoms with Crippen LogP contribution in [0, 0.1) is 19.3 Å². The number of terminal acetylenes is 1. The molecule has 0 atom stereocenters. The molecule has 0 aliphatic heterocycles. The van der Waals surface area contributed by atoms with Crippen LogP contribution in [-0.4, -0.2) is 24.6 Å². The van der Waals surface area contributed by atoms with Crippen LogP contribution in [-0.2, 0) is 9.59 Å². The maximum absolute atomic E-state index is 11.9. The molecule has 0 radical (unpaired) electrons. The molecule has 0 aliphatic carbocycles. The first kappa shape index (κ1) is 20.0. The number of carbonyl (C=O) groups is 2. The van der Waals surface area contributed by atoms with Crippen LogP contribution in [0.3, 0.4) is 0 Å². The molecule has 0 aromatic heterocycles. The van der Waals surface area contributed by atoms with E-state index >= 15 is 0 Å². The van der Waals surface area contributed by atoms with Gasteiger partial charge in [0.2, 0.25) is 11.8 Å². The van der Waals surface area contributed by atoms with Crippen molar-refractivity contribution in [2.75, 3.05) is 11.9 Å². The highest BCUT2D eigenvalue weighted by atomic mass is 35.5. The summed E-state index contributed by atoms with van der Waals surface area (Å²) >= 11 is 6.00. The van der Waals surface area contributed by atoms with E-state index in [2.05, 4.69) is 21.8 Å². The summed E-state index contributed by atoms with van der Waals surface area (Å²) in [6.07, 6.45) is 6.21. The number of carbonyl (C=O) groups excluding carboxylic acids is 2. The van der Waals surface area contributed by atoms with Gasteiger partial charge in [-0.2, -0.15) is 5.10 Å². The Labute approximate surface area is 162 Å². The maximum atomic E-state index is 11.9. The highest BCUT2D eigenvalue weighted by Crippen LogP contribution is 2.20. The van der Waals surface area contributed by atoms with Crippen molar-refractivity contribution < 1.29 is 14.3 Å². The summed E-state index contributed by atoms with van der Waals surface area (Å²) in [6, 6.07) is 12.2. The molecule has 27 heavy (non-hydrogen) atoms. The normalized spacial score (nSPS) is 10.3. The van der Waals surface area contributed by atoms with Crippen molar-refractivity contribution in [3.05, 3.63) is 58.6 Å². The number of para-hydroxylation sites is 1. The van der Waals surface area contributed by atoms with Crippen molar-refractivity contribution in [3.8, 4) is 18.1 Å². The number of amides is 2. The van der Waals surface area contributed by atoms with E-state index in [0.29, 0.717) is 22.0 Å². The number of aryl methyl sites for hydroxylation is 1. The molecule has 0 saturated carbocycles. The lowest BCUT2D eigenvalue weighted by atomic mass is 10.2. The third-order valence-corrected chi connectivity index (χ3v) is 3.81. The van der Waals surface area contributed by atoms with Crippen molar-refractivity contribution in [2.45, 2.75) is 13.3 Å². The lowest BCUT2D eigenvalue weighted by molar-refractivity contribution is -0.126. The minimum absolute atomic E-state index is 0.125. The van der Waals surface area contributed by atoms with Crippen molar-refractivity contribution in [1.29, 1.82) is 0 Å². The minimum atomic E-state index is -0.552. The number of benzene rings is 2. The van der Waals surface area contributed by atoms with Gasteiger partial charge in [-0.05, 0) is 36.8 Å². The Hall–Kier alpha value is -3.30. The number of ether oxygens (including phenoxy) is 1. The van der Waals surface area contributed by atoms with E-state index in [0.717, 1.165) is 5.56 Å². The second-order valence-electron chi connectivity index (χ2n) is 5.51. The topological polar surface area (TPSA) is 79.8 Å². The SMILES string of the molecule is C#CCOc1ccccc1C=NNC(=O)CC(=O)Nc1ccc(C)c(Cl)c1. The van der Waals surface area contributed by atoms with Crippen LogP contribution in [0.15, 0.2) is 47.6 Å². The molecule has 2 aromatic rings. The molecule has 2 rings (SSSR count). The van der Waals surface area contributed by atoms with Crippen molar-refractivity contribution in [3.63, 3.8) is 0 Å². The smallest absolute Gasteiger partial charge is 0.249 e. The molecule has 0 spiro atoms. The molecule has 0 bridgehead atoms. The van der Waals surface area contributed by atoms with E-state index in [9.17, 15) is 9.59 Å². The van der Waals surface area contributed by atoms with Crippen LogP contribution < -0.4 is 15.5 Å². The third kappa shape index (κ3) is 6.49. The van der Waals surface area contributed by atoms with Gasteiger partial charge in [0.25, 0.3) is 0 Å². The molecule has 6 nitrogen and oxygen atoms in total. The Kier molecular flexibility index (Phi) is 7.41. The minimum Gasteiger partial charge on any atom is -0.480 e. The van der Waals surface area contributed by atoms with Crippen LogP contribution in [0.1, 0.15) is 17.5 Å². The largest absolute Gasteiger partial charge is 0.480 e.